The average Bonchev–Trinajstić information content (AvgIpc) is 2.18. The molecule has 0 spiro atoms. The zero-order chi connectivity index (χ0) is 11.4. The lowest BCUT2D eigenvalue weighted by Crippen LogP contribution is -2.29. The Morgan fingerprint density at radius 2 is 2.07 bits per heavy atom. The summed E-state index contributed by atoms with van der Waals surface area (Å²) in [6.07, 6.45) is -0.248. The number of carbonyl (C=O) groups is 1. The lowest BCUT2D eigenvalue weighted by atomic mass is 10.3. The second-order valence-corrected chi connectivity index (χ2v) is 3.85. The summed E-state index contributed by atoms with van der Waals surface area (Å²) >= 11 is 11.6. The largest absolute Gasteiger partial charge is 0.465 e. The highest BCUT2D eigenvalue weighted by Crippen LogP contribution is 2.27. The minimum absolute atomic E-state index is 0.358. The van der Waals surface area contributed by atoms with Crippen molar-refractivity contribution in [1.29, 1.82) is 0 Å². The Morgan fingerprint density at radius 1 is 1.40 bits per heavy atom. The molecule has 0 atom stereocenters. The second-order valence-electron chi connectivity index (χ2n) is 3.03. The Kier molecular flexibility index (Phi) is 4.24. The van der Waals surface area contributed by atoms with Gasteiger partial charge in [-0.25, -0.2) is 4.79 Å². The molecule has 1 amide bonds. The summed E-state index contributed by atoms with van der Waals surface area (Å²) in [7, 11) is 0. The highest BCUT2D eigenvalue weighted by Gasteiger charge is 2.13. The fraction of sp³-hybridized carbons (Fsp3) is 0.300. The van der Waals surface area contributed by atoms with Crippen LogP contribution in [0.3, 0.4) is 0 Å². The predicted octanol–water partition coefficient (Wildman–Crippen LogP) is 3.89. The van der Waals surface area contributed by atoms with Crippen LogP contribution in [0.2, 0.25) is 10.0 Å². The highest BCUT2D eigenvalue weighted by atomic mass is 35.5. The summed E-state index contributed by atoms with van der Waals surface area (Å²) in [4.78, 5) is 12.2. The molecule has 15 heavy (non-hydrogen) atoms. The standard InChI is InChI=1S/C10H11Cl2NO2/c1-2-5-13(10(14)15)7-3-4-8(11)9(12)6-7/h3-4,6H,2,5H2,1H3,(H,14,15). The van der Waals surface area contributed by atoms with Gasteiger partial charge in [0.05, 0.1) is 10.0 Å². The smallest absolute Gasteiger partial charge is 0.411 e. The van der Waals surface area contributed by atoms with Crippen molar-refractivity contribution in [3.8, 4) is 0 Å². The van der Waals surface area contributed by atoms with E-state index in [2.05, 4.69) is 0 Å². The Bertz CT molecular complexity index is 368. The first-order valence-corrected chi connectivity index (χ1v) is 5.27. The molecular formula is C10H11Cl2NO2. The van der Waals surface area contributed by atoms with Crippen molar-refractivity contribution >= 4 is 35.0 Å². The molecule has 0 radical (unpaired) electrons. The monoisotopic (exact) mass is 247 g/mol. The summed E-state index contributed by atoms with van der Waals surface area (Å²) < 4.78 is 0. The van der Waals surface area contributed by atoms with Crippen LogP contribution in [0.5, 0.6) is 0 Å². The van der Waals surface area contributed by atoms with Crippen molar-refractivity contribution in [3.63, 3.8) is 0 Å². The van der Waals surface area contributed by atoms with Crippen LogP contribution < -0.4 is 4.90 Å². The minimum atomic E-state index is -0.991. The average molecular weight is 248 g/mol. The van der Waals surface area contributed by atoms with Crippen molar-refractivity contribution < 1.29 is 9.90 Å². The fourth-order valence-electron chi connectivity index (χ4n) is 1.21. The Hall–Kier alpha value is -0.930. The van der Waals surface area contributed by atoms with Crippen LogP contribution in [0, 0.1) is 0 Å². The first kappa shape index (κ1) is 12.1. The van der Waals surface area contributed by atoms with E-state index in [4.69, 9.17) is 28.3 Å². The third kappa shape index (κ3) is 3.01. The van der Waals surface area contributed by atoms with Crippen LogP contribution >= 0.6 is 23.2 Å². The van der Waals surface area contributed by atoms with Crippen molar-refractivity contribution in [1.82, 2.24) is 0 Å². The molecule has 1 aromatic carbocycles. The lowest BCUT2D eigenvalue weighted by Gasteiger charge is -2.18. The van der Waals surface area contributed by atoms with E-state index in [9.17, 15) is 4.79 Å². The molecule has 3 nitrogen and oxygen atoms in total. The molecule has 0 bridgehead atoms. The normalized spacial score (nSPS) is 10.1. The summed E-state index contributed by atoms with van der Waals surface area (Å²) in [6.45, 7) is 2.35. The molecule has 1 rings (SSSR count). The first-order valence-electron chi connectivity index (χ1n) is 4.51. The second kappa shape index (κ2) is 5.24. The maximum absolute atomic E-state index is 10.9. The number of hydrogen-bond donors (Lipinski definition) is 1. The molecule has 0 saturated carbocycles. The van der Waals surface area contributed by atoms with Gasteiger partial charge in [0, 0.05) is 12.2 Å². The number of halogens is 2. The Labute approximate surface area is 98.2 Å². The number of carboxylic acid groups (broad SMARTS) is 1. The lowest BCUT2D eigenvalue weighted by molar-refractivity contribution is 0.202. The van der Waals surface area contributed by atoms with Crippen LogP contribution in [0.15, 0.2) is 18.2 Å². The van der Waals surface area contributed by atoms with Gasteiger partial charge in [-0.1, -0.05) is 30.1 Å². The van der Waals surface area contributed by atoms with E-state index >= 15 is 0 Å². The van der Waals surface area contributed by atoms with E-state index in [1.54, 1.807) is 18.2 Å². The third-order valence-corrected chi connectivity index (χ3v) is 2.63. The van der Waals surface area contributed by atoms with Crippen molar-refractivity contribution in [2.75, 3.05) is 11.4 Å². The number of benzene rings is 1. The van der Waals surface area contributed by atoms with Gasteiger partial charge in [-0.05, 0) is 24.6 Å². The van der Waals surface area contributed by atoms with E-state index in [-0.39, 0.29) is 0 Å². The molecule has 0 saturated heterocycles. The maximum atomic E-state index is 10.9. The van der Waals surface area contributed by atoms with E-state index in [0.29, 0.717) is 22.3 Å². The number of rotatable bonds is 3. The Morgan fingerprint density at radius 3 is 2.53 bits per heavy atom. The van der Waals surface area contributed by atoms with E-state index in [1.165, 1.54) is 4.90 Å². The molecule has 1 aromatic rings. The van der Waals surface area contributed by atoms with Gasteiger partial charge in [0.2, 0.25) is 0 Å². The van der Waals surface area contributed by atoms with Gasteiger partial charge < -0.3 is 5.11 Å². The van der Waals surface area contributed by atoms with Crippen LogP contribution in [-0.4, -0.2) is 17.7 Å². The van der Waals surface area contributed by atoms with Gasteiger partial charge in [0.25, 0.3) is 0 Å². The van der Waals surface area contributed by atoms with Gasteiger partial charge >= 0.3 is 6.09 Å². The minimum Gasteiger partial charge on any atom is -0.465 e. The summed E-state index contributed by atoms with van der Waals surface area (Å²) in [6, 6.07) is 4.77. The van der Waals surface area contributed by atoms with Crippen LogP contribution in [0.4, 0.5) is 10.5 Å². The molecule has 0 aliphatic heterocycles. The topological polar surface area (TPSA) is 40.5 Å². The van der Waals surface area contributed by atoms with Crippen LogP contribution in [0.1, 0.15) is 13.3 Å². The van der Waals surface area contributed by atoms with E-state index in [0.717, 1.165) is 6.42 Å². The Balaban J connectivity index is 3.01. The van der Waals surface area contributed by atoms with E-state index < -0.39 is 6.09 Å². The molecule has 5 heteroatoms. The molecule has 1 N–H and O–H groups in total. The maximum Gasteiger partial charge on any atom is 0.411 e. The number of hydrogen-bond acceptors (Lipinski definition) is 1. The number of anilines is 1. The SMILES string of the molecule is CCCN(C(=O)O)c1ccc(Cl)c(Cl)c1. The van der Waals surface area contributed by atoms with Gasteiger partial charge in [0.1, 0.15) is 0 Å². The fourth-order valence-corrected chi connectivity index (χ4v) is 1.50. The molecule has 0 aromatic heterocycles. The zero-order valence-corrected chi connectivity index (χ0v) is 9.72. The summed E-state index contributed by atoms with van der Waals surface area (Å²) in [5.74, 6) is 0. The van der Waals surface area contributed by atoms with Crippen LogP contribution in [-0.2, 0) is 0 Å². The molecule has 82 valence electrons. The molecule has 0 unspecified atom stereocenters. The van der Waals surface area contributed by atoms with Gasteiger partial charge in [-0.2, -0.15) is 0 Å². The first-order chi connectivity index (χ1) is 7.06. The zero-order valence-electron chi connectivity index (χ0n) is 8.20. The van der Waals surface area contributed by atoms with Gasteiger partial charge in [0.15, 0.2) is 0 Å². The molecule has 0 fully saturated rings. The van der Waals surface area contributed by atoms with Crippen LogP contribution in [0.25, 0.3) is 0 Å². The molecule has 0 aliphatic rings. The molecule has 0 heterocycles. The predicted molar refractivity (Wildman–Crippen MR) is 62.1 cm³/mol. The molecule has 0 aliphatic carbocycles. The summed E-state index contributed by atoms with van der Waals surface area (Å²) in [5, 5.41) is 9.74. The summed E-state index contributed by atoms with van der Waals surface area (Å²) in [5.41, 5.74) is 0.541. The van der Waals surface area contributed by atoms with Gasteiger partial charge in [-0.3, -0.25) is 4.90 Å². The number of nitrogens with zero attached hydrogens (tertiary/aromatic N) is 1. The van der Waals surface area contributed by atoms with Crippen molar-refractivity contribution in [3.05, 3.63) is 28.2 Å². The van der Waals surface area contributed by atoms with Crippen molar-refractivity contribution in [2.45, 2.75) is 13.3 Å². The van der Waals surface area contributed by atoms with Gasteiger partial charge in [-0.15, -0.1) is 0 Å². The highest BCUT2D eigenvalue weighted by molar-refractivity contribution is 6.42. The third-order valence-electron chi connectivity index (χ3n) is 1.89. The van der Waals surface area contributed by atoms with Crippen molar-refractivity contribution in [2.24, 2.45) is 0 Å². The quantitative estimate of drug-likeness (QED) is 0.881. The van der Waals surface area contributed by atoms with E-state index in [1.807, 2.05) is 6.92 Å². The number of amides is 1. The molecular weight excluding hydrogens is 237 g/mol.